The fourth-order valence-electron chi connectivity index (χ4n) is 1.84. The highest BCUT2D eigenvalue weighted by Gasteiger charge is 2.00. The zero-order valence-electron chi connectivity index (χ0n) is 14.6. The molecule has 0 fully saturated rings. The number of halogens is 2. The number of tetrazole rings is 2. The Labute approximate surface area is 176 Å². The maximum absolute atomic E-state index is 8.17. The van der Waals surface area contributed by atoms with Crippen LogP contribution < -0.4 is 16.4 Å². The molecule has 0 unspecified atom stereocenters. The lowest BCUT2D eigenvalue weighted by Gasteiger charge is -2.07. The van der Waals surface area contributed by atoms with Crippen LogP contribution in [0.3, 0.4) is 0 Å². The SMILES string of the molecule is ClC1=CNC=C(Cl)N1.Nc1cncc2nnnn12.[N-]=[N+]=Nc1cncc2nnnn12. The third-order valence-electron chi connectivity index (χ3n) is 3.03. The Morgan fingerprint density at radius 2 is 1.53 bits per heavy atom. The van der Waals surface area contributed by atoms with Gasteiger partial charge >= 0.3 is 0 Å². The molecule has 1 aliphatic rings. The fraction of sp³-hybridized carbons (Fsp3) is 0. The Morgan fingerprint density at radius 1 is 0.933 bits per heavy atom. The minimum Gasteiger partial charge on any atom is -0.382 e. The van der Waals surface area contributed by atoms with Gasteiger partial charge in [-0.3, -0.25) is 9.97 Å². The number of hydrogen-bond donors (Lipinski definition) is 3. The second-order valence-corrected chi connectivity index (χ2v) is 5.78. The third-order valence-corrected chi connectivity index (χ3v) is 3.44. The zero-order chi connectivity index (χ0) is 21.3. The summed E-state index contributed by atoms with van der Waals surface area (Å²) >= 11 is 10.9. The average molecular weight is 449 g/mol. The normalized spacial score (nSPS) is 12.1. The summed E-state index contributed by atoms with van der Waals surface area (Å²) in [5.74, 6) is 0.697. The maximum Gasteiger partial charge on any atom is 0.199 e. The van der Waals surface area contributed by atoms with Gasteiger partial charge in [-0.1, -0.05) is 23.2 Å². The molecule has 4 aromatic rings. The fourth-order valence-corrected chi connectivity index (χ4v) is 2.22. The molecule has 0 saturated heterocycles. The third kappa shape index (κ3) is 5.16. The van der Waals surface area contributed by atoms with Gasteiger partial charge in [0.15, 0.2) is 17.1 Å². The molecule has 0 amide bonds. The first-order chi connectivity index (χ1) is 14.6. The summed E-state index contributed by atoms with van der Waals surface area (Å²) in [4.78, 5) is 10.2. The minimum atomic E-state index is 0.264. The standard InChI is InChI=1S/C4H4Cl2N2.C4H2N8.C4H4N6/c5-3-1-7-2-4(6)8-3;5-9-7-3-1-6-2-4-8-10-11-12(3)4;5-3-1-6-2-4-7-8-9-10(3)4/h1-2,7-8H;1-2H;1-2H,5H2. The second-order valence-electron chi connectivity index (χ2n) is 4.96. The molecule has 16 nitrogen and oxygen atoms in total. The zero-order valence-corrected chi connectivity index (χ0v) is 16.1. The number of aromatic nitrogens is 10. The Hall–Kier alpha value is -4.27. The number of nitrogens with one attached hydrogen (secondary N) is 2. The van der Waals surface area contributed by atoms with E-state index in [0.29, 0.717) is 27.4 Å². The van der Waals surface area contributed by atoms with Crippen LogP contribution in [0, 0.1) is 0 Å². The van der Waals surface area contributed by atoms with E-state index in [1.165, 1.54) is 33.8 Å². The molecule has 0 aliphatic carbocycles. The van der Waals surface area contributed by atoms with Gasteiger partial charge < -0.3 is 16.4 Å². The number of fused-ring (bicyclic) bond motifs is 2. The van der Waals surface area contributed by atoms with Crippen molar-refractivity contribution in [3.05, 3.63) is 57.9 Å². The molecule has 4 N–H and O–H groups in total. The molecule has 18 heteroatoms. The summed E-state index contributed by atoms with van der Waals surface area (Å²) in [6, 6.07) is 0. The van der Waals surface area contributed by atoms with E-state index < -0.39 is 0 Å². The van der Waals surface area contributed by atoms with Crippen LogP contribution >= 0.6 is 23.2 Å². The van der Waals surface area contributed by atoms with Gasteiger partial charge in [0.25, 0.3) is 0 Å². The van der Waals surface area contributed by atoms with Gasteiger partial charge in [0.2, 0.25) is 0 Å². The van der Waals surface area contributed by atoms with Crippen LogP contribution in [-0.4, -0.2) is 50.0 Å². The lowest BCUT2D eigenvalue weighted by molar-refractivity contribution is 0.820. The summed E-state index contributed by atoms with van der Waals surface area (Å²) in [7, 11) is 0. The van der Waals surface area contributed by atoms with E-state index >= 15 is 0 Å². The van der Waals surface area contributed by atoms with Crippen LogP contribution in [0.1, 0.15) is 0 Å². The highest BCUT2D eigenvalue weighted by Crippen LogP contribution is 2.09. The van der Waals surface area contributed by atoms with Gasteiger partial charge in [-0.05, 0) is 31.5 Å². The highest BCUT2D eigenvalue weighted by atomic mass is 35.5. The maximum atomic E-state index is 8.17. The van der Waals surface area contributed by atoms with Crippen molar-refractivity contribution >= 4 is 46.1 Å². The van der Waals surface area contributed by atoms with Crippen LogP contribution in [0.5, 0.6) is 0 Å². The van der Waals surface area contributed by atoms with Crippen molar-refractivity contribution in [1.82, 2.24) is 60.7 Å². The number of nitrogen functional groups attached to an aromatic ring is 1. The quantitative estimate of drug-likeness (QED) is 0.160. The first-order valence-electron chi connectivity index (χ1n) is 7.67. The number of nitrogens with two attached hydrogens (primary N) is 1. The largest absolute Gasteiger partial charge is 0.382 e. The number of azide groups is 1. The molecule has 5 heterocycles. The Morgan fingerprint density at radius 3 is 2.10 bits per heavy atom. The van der Waals surface area contributed by atoms with Crippen LogP contribution in [0.4, 0.5) is 11.6 Å². The van der Waals surface area contributed by atoms with Crippen LogP contribution in [-0.2, 0) is 0 Å². The van der Waals surface area contributed by atoms with Crippen molar-refractivity contribution in [3.63, 3.8) is 0 Å². The van der Waals surface area contributed by atoms with E-state index in [1.807, 2.05) is 0 Å². The van der Waals surface area contributed by atoms with Gasteiger partial charge in [-0.2, -0.15) is 9.03 Å². The Balaban J connectivity index is 0.000000131. The molecular weight excluding hydrogens is 439 g/mol. The van der Waals surface area contributed by atoms with Crippen molar-refractivity contribution in [2.45, 2.75) is 0 Å². The van der Waals surface area contributed by atoms with E-state index in [1.54, 1.807) is 12.4 Å². The molecule has 30 heavy (non-hydrogen) atoms. The van der Waals surface area contributed by atoms with Crippen molar-refractivity contribution in [2.75, 3.05) is 5.73 Å². The monoisotopic (exact) mass is 448 g/mol. The summed E-state index contributed by atoms with van der Waals surface area (Å²) in [6.07, 6.45) is 9.08. The van der Waals surface area contributed by atoms with Gasteiger partial charge in [-0.25, -0.2) is 0 Å². The number of nitrogens with zero attached hydrogens (tertiary/aromatic N) is 13. The molecule has 152 valence electrons. The van der Waals surface area contributed by atoms with Crippen molar-refractivity contribution in [2.24, 2.45) is 5.11 Å². The molecule has 4 aromatic heterocycles. The number of anilines is 1. The van der Waals surface area contributed by atoms with E-state index in [2.05, 4.69) is 61.7 Å². The molecule has 5 rings (SSSR count). The lowest BCUT2D eigenvalue weighted by Crippen LogP contribution is -2.14. The van der Waals surface area contributed by atoms with Crippen molar-refractivity contribution < 1.29 is 0 Å². The van der Waals surface area contributed by atoms with Gasteiger partial charge in [-0.15, -0.1) is 10.2 Å². The van der Waals surface area contributed by atoms with Crippen molar-refractivity contribution in [1.29, 1.82) is 0 Å². The van der Waals surface area contributed by atoms with Crippen LogP contribution in [0.2, 0.25) is 0 Å². The smallest absolute Gasteiger partial charge is 0.199 e. The highest BCUT2D eigenvalue weighted by molar-refractivity contribution is 6.33. The Bertz CT molecular complexity index is 1240. The Kier molecular flexibility index (Phi) is 6.67. The molecule has 0 bridgehead atoms. The van der Waals surface area contributed by atoms with Crippen LogP contribution in [0.25, 0.3) is 21.7 Å². The lowest BCUT2D eigenvalue weighted by atomic mass is 10.6. The second kappa shape index (κ2) is 9.78. The molecule has 0 spiro atoms. The summed E-state index contributed by atoms with van der Waals surface area (Å²) < 4.78 is 2.71. The minimum absolute atomic E-state index is 0.264. The predicted octanol–water partition coefficient (Wildman–Crippen LogP) is 0.817. The molecule has 0 aromatic carbocycles. The predicted molar refractivity (Wildman–Crippen MR) is 105 cm³/mol. The van der Waals surface area contributed by atoms with Gasteiger partial charge in [0.1, 0.15) is 16.1 Å². The average Bonchev–Trinajstić information content (AvgIpc) is 3.40. The molecule has 0 radical (unpaired) electrons. The summed E-state index contributed by atoms with van der Waals surface area (Å²) in [5, 5.41) is 31.0. The van der Waals surface area contributed by atoms with E-state index in [0.717, 1.165) is 0 Å². The summed E-state index contributed by atoms with van der Waals surface area (Å²) in [6.45, 7) is 0. The van der Waals surface area contributed by atoms with Crippen molar-refractivity contribution in [3.8, 4) is 0 Å². The molecule has 0 saturated carbocycles. The van der Waals surface area contributed by atoms with E-state index in [9.17, 15) is 0 Å². The topological polar surface area (TPSA) is 211 Å². The van der Waals surface area contributed by atoms with Crippen LogP contribution in [0.15, 0.2) is 52.6 Å². The number of rotatable bonds is 1. The molecular formula is C12H10Cl2N16. The number of hydrogen-bond acceptors (Lipinski definition) is 12. The van der Waals surface area contributed by atoms with Gasteiger partial charge in [0.05, 0.1) is 24.8 Å². The molecule has 0 atom stereocenters. The van der Waals surface area contributed by atoms with Gasteiger partial charge in [0, 0.05) is 17.3 Å². The van der Waals surface area contributed by atoms with E-state index in [4.69, 9.17) is 34.5 Å². The first kappa shape index (κ1) is 20.5. The molecule has 1 aliphatic heterocycles. The summed E-state index contributed by atoms with van der Waals surface area (Å²) in [5.41, 5.74) is 14.6. The first-order valence-corrected chi connectivity index (χ1v) is 8.43. The van der Waals surface area contributed by atoms with E-state index in [-0.39, 0.29) is 5.82 Å².